The van der Waals surface area contributed by atoms with Gasteiger partial charge in [-0.25, -0.2) is 9.97 Å². The van der Waals surface area contributed by atoms with Crippen LogP contribution in [0.25, 0.3) is 0 Å². The minimum atomic E-state index is 0.814. The predicted molar refractivity (Wildman–Crippen MR) is 67.5 cm³/mol. The Balaban J connectivity index is 2.72. The largest absolute Gasteiger partial charge is 0.341 e. The van der Waals surface area contributed by atoms with E-state index in [1.54, 1.807) is 0 Å². The number of halogens is 1. The summed E-state index contributed by atoms with van der Waals surface area (Å²) in [5, 5.41) is 0.814. The van der Waals surface area contributed by atoms with Gasteiger partial charge in [0.05, 0.1) is 0 Å². The Labute approximate surface area is 100 Å². The Morgan fingerprint density at radius 3 is 2.07 bits per heavy atom. The Kier molecular flexibility index (Phi) is 5.61. The first-order valence-electron chi connectivity index (χ1n) is 5.43. The summed E-state index contributed by atoms with van der Waals surface area (Å²) in [4.78, 5) is 11.0. The Morgan fingerprint density at radius 1 is 1.13 bits per heavy atom. The second-order valence-corrected chi connectivity index (χ2v) is 4.07. The number of hydrogen-bond donors (Lipinski definition) is 0. The van der Waals surface area contributed by atoms with E-state index in [0.717, 1.165) is 42.8 Å². The lowest BCUT2D eigenvalue weighted by atomic mass is 10.3. The molecule has 4 heteroatoms. The van der Waals surface area contributed by atoms with Gasteiger partial charge in [-0.1, -0.05) is 29.8 Å². The van der Waals surface area contributed by atoms with Gasteiger partial charge in [0.1, 0.15) is 0 Å². The maximum absolute atomic E-state index is 4.37. The molecule has 0 saturated heterocycles. The van der Waals surface area contributed by atoms with Gasteiger partial charge in [0, 0.05) is 30.8 Å². The fraction of sp³-hybridized carbons (Fsp3) is 0.636. The molecule has 3 nitrogen and oxygen atoms in total. The van der Waals surface area contributed by atoms with Crippen LogP contribution in [0.5, 0.6) is 0 Å². The molecule has 0 aliphatic rings. The third-order valence-electron chi connectivity index (χ3n) is 2.12. The van der Waals surface area contributed by atoms with Crippen molar-refractivity contribution in [3.63, 3.8) is 0 Å². The van der Waals surface area contributed by atoms with Crippen molar-refractivity contribution < 1.29 is 0 Å². The quantitative estimate of drug-likeness (QED) is 0.745. The maximum atomic E-state index is 4.37. The highest BCUT2D eigenvalue weighted by Crippen LogP contribution is 2.10. The van der Waals surface area contributed by atoms with E-state index in [-0.39, 0.29) is 0 Å². The highest BCUT2D eigenvalue weighted by Gasteiger charge is 2.06. The van der Waals surface area contributed by atoms with Crippen molar-refractivity contribution in [3.8, 4) is 0 Å². The van der Waals surface area contributed by atoms with E-state index >= 15 is 0 Å². The third kappa shape index (κ3) is 3.78. The van der Waals surface area contributed by atoms with Crippen LogP contribution in [0.15, 0.2) is 12.4 Å². The monoisotopic (exact) mass is 271 g/mol. The number of anilines is 1. The minimum Gasteiger partial charge on any atom is -0.341 e. The standard InChI is InChI=1S/C11H18BrN3/c1-3-5-15(6-4-2)11-13-8-10(7-12)9-14-11/h8-9H,3-7H2,1-2H3. The molecule has 1 heterocycles. The van der Waals surface area contributed by atoms with Crippen molar-refractivity contribution in [2.75, 3.05) is 18.0 Å². The summed E-state index contributed by atoms with van der Waals surface area (Å²) in [7, 11) is 0. The van der Waals surface area contributed by atoms with Crippen LogP contribution in [0.1, 0.15) is 32.3 Å². The normalized spacial score (nSPS) is 10.3. The first-order valence-corrected chi connectivity index (χ1v) is 6.55. The molecule has 0 saturated carbocycles. The highest BCUT2D eigenvalue weighted by atomic mass is 79.9. The summed E-state index contributed by atoms with van der Waals surface area (Å²) in [5.41, 5.74) is 1.12. The molecule has 0 aromatic carbocycles. The van der Waals surface area contributed by atoms with E-state index in [1.807, 2.05) is 12.4 Å². The second-order valence-electron chi connectivity index (χ2n) is 3.51. The van der Waals surface area contributed by atoms with Gasteiger partial charge in [-0.2, -0.15) is 0 Å². The smallest absolute Gasteiger partial charge is 0.225 e. The van der Waals surface area contributed by atoms with Crippen molar-refractivity contribution in [2.45, 2.75) is 32.0 Å². The number of alkyl halides is 1. The Morgan fingerprint density at radius 2 is 1.67 bits per heavy atom. The molecule has 1 rings (SSSR count). The summed E-state index contributed by atoms with van der Waals surface area (Å²) >= 11 is 3.39. The van der Waals surface area contributed by atoms with Crippen molar-refractivity contribution in [2.24, 2.45) is 0 Å². The lowest BCUT2D eigenvalue weighted by molar-refractivity contribution is 0.720. The molecule has 0 aliphatic heterocycles. The predicted octanol–water partition coefficient (Wildman–Crippen LogP) is 3.00. The molecule has 15 heavy (non-hydrogen) atoms. The van der Waals surface area contributed by atoms with Gasteiger partial charge in [-0.05, 0) is 18.4 Å². The second kappa shape index (κ2) is 6.77. The van der Waals surface area contributed by atoms with Gasteiger partial charge < -0.3 is 4.90 Å². The first-order chi connectivity index (χ1) is 7.31. The van der Waals surface area contributed by atoms with Crippen LogP contribution in [0.2, 0.25) is 0 Å². The van der Waals surface area contributed by atoms with Gasteiger partial charge >= 0.3 is 0 Å². The van der Waals surface area contributed by atoms with Crippen LogP contribution in [0.4, 0.5) is 5.95 Å². The molecule has 0 radical (unpaired) electrons. The summed E-state index contributed by atoms with van der Waals surface area (Å²) in [5.74, 6) is 0.850. The average Bonchev–Trinajstić information content (AvgIpc) is 2.29. The van der Waals surface area contributed by atoms with Gasteiger partial charge in [0.2, 0.25) is 5.95 Å². The van der Waals surface area contributed by atoms with Gasteiger partial charge in [0.25, 0.3) is 0 Å². The molecule has 0 N–H and O–H groups in total. The van der Waals surface area contributed by atoms with Crippen molar-refractivity contribution in [1.82, 2.24) is 9.97 Å². The zero-order valence-corrected chi connectivity index (χ0v) is 11.0. The summed E-state index contributed by atoms with van der Waals surface area (Å²) < 4.78 is 0. The van der Waals surface area contributed by atoms with Gasteiger partial charge in [-0.3, -0.25) is 0 Å². The molecule has 0 spiro atoms. The summed E-state index contributed by atoms with van der Waals surface area (Å²) in [6.45, 7) is 6.41. The molecule has 0 fully saturated rings. The van der Waals surface area contributed by atoms with E-state index in [1.165, 1.54) is 0 Å². The lowest BCUT2D eigenvalue weighted by Gasteiger charge is -2.20. The maximum Gasteiger partial charge on any atom is 0.225 e. The van der Waals surface area contributed by atoms with Crippen molar-refractivity contribution in [3.05, 3.63) is 18.0 Å². The van der Waals surface area contributed by atoms with Gasteiger partial charge in [0.15, 0.2) is 0 Å². The zero-order chi connectivity index (χ0) is 11.1. The third-order valence-corrected chi connectivity index (χ3v) is 2.76. The molecule has 0 amide bonds. The summed E-state index contributed by atoms with van der Waals surface area (Å²) in [6, 6.07) is 0. The molecule has 0 unspecified atom stereocenters. The van der Waals surface area contributed by atoms with Gasteiger partial charge in [-0.15, -0.1) is 0 Å². The Bertz CT molecular complexity index is 268. The minimum absolute atomic E-state index is 0.814. The molecule has 1 aromatic heterocycles. The first kappa shape index (κ1) is 12.4. The van der Waals surface area contributed by atoms with E-state index in [0.29, 0.717) is 0 Å². The van der Waals surface area contributed by atoms with Crippen molar-refractivity contribution >= 4 is 21.9 Å². The number of rotatable bonds is 6. The fourth-order valence-corrected chi connectivity index (χ4v) is 1.72. The van der Waals surface area contributed by atoms with Crippen LogP contribution in [-0.2, 0) is 5.33 Å². The van der Waals surface area contributed by atoms with E-state index in [4.69, 9.17) is 0 Å². The molecule has 0 atom stereocenters. The van der Waals surface area contributed by atoms with Crippen LogP contribution in [0, 0.1) is 0 Å². The van der Waals surface area contributed by atoms with Crippen LogP contribution in [-0.4, -0.2) is 23.1 Å². The van der Waals surface area contributed by atoms with E-state index in [9.17, 15) is 0 Å². The topological polar surface area (TPSA) is 29.0 Å². The number of aromatic nitrogens is 2. The highest BCUT2D eigenvalue weighted by molar-refractivity contribution is 9.08. The molecule has 84 valence electrons. The Hall–Kier alpha value is -0.640. The number of nitrogens with zero attached hydrogens (tertiary/aromatic N) is 3. The van der Waals surface area contributed by atoms with Crippen LogP contribution >= 0.6 is 15.9 Å². The number of hydrogen-bond acceptors (Lipinski definition) is 3. The lowest BCUT2D eigenvalue weighted by Crippen LogP contribution is -2.26. The average molecular weight is 272 g/mol. The SMILES string of the molecule is CCCN(CCC)c1ncc(CBr)cn1. The molecule has 1 aromatic rings. The summed E-state index contributed by atoms with van der Waals surface area (Å²) in [6.07, 6.45) is 6.03. The molecular weight excluding hydrogens is 254 g/mol. The van der Waals surface area contributed by atoms with Crippen LogP contribution < -0.4 is 4.90 Å². The molecular formula is C11H18BrN3. The fourth-order valence-electron chi connectivity index (χ4n) is 1.43. The van der Waals surface area contributed by atoms with Crippen LogP contribution in [0.3, 0.4) is 0 Å². The molecule has 0 aliphatic carbocycles. The van der Waals surface area contributed by atoms with Crippen molar-refractivity contribution in [1.29, 1.82) is 0 Å². The van der Waals surface area contributed by atoms with E-state index < -0.39 is 0 Å². The molecule has 0 bridgehead atoms. The van der Waals surface area contributed by atoms with E-state index in [2.05, 4.69) is 44.6 Å². The zero-order valence-electron chi connectivity index (χ0n) is 9.41.